The number of amides is 3. The molecule has 0 spiro atoms. The molecule has 2 aliphatic heterocycles. The van der Waals surface area contributed by atoms with Gasteiger partial charge in [-0.1, -0.05) is 23.7 Å². The molecule has 2 heterocycles. The Bertz CT molecular complexity index is 986. The second-order valence-electron chi connectivity index (χ2n) is 7.97. The van der Waals surface area contributed by atoms with Crippen LogP contribution >= 0.6 is 11.6 Å². The van der Waals surface area contributed by atoms with Crippen LogP contribution in [0.5, 0.6) is 5.75 Å². The fourth-order valence-corrected chi connectivity index (χ4v) is 4.28. The van der Waals surface area contributed by atoms with Gasteiger partial charge in [-0.05, 0) is 54.8 Å². The highest BCUT2D eigenvalue weighted by molar-refractivity contribution is 6.30. The molecule has 0 aliphatic carbocycles. The van der Waals surface area contributed by atoms with Crippen LogP contribution in [0, 0.1) is 0 Å². The van der Waals surface area contributed by atoms with Gasteiger partial charge in [0.05, 0.1) is 31.7 Å². The first-order valence-corrected chi connectivity index (χ1v) is 11.0. The molecule has 8 heteroatoms. The lowest BCUT2D eigenvalue weighted by Gasteiger charge is -2.30. The van der Waals surface area contributed by atoms with Crippen molar-refractivity contribution in [2.24, 2.45) is 0 Å². The van der Waals surface area contributed by atoms with Gasteiger partial charge < -0.3 is 14.4 Å². The van der Waals surface area contributed by atoms with Crippen LogP contribution in [-0.2, 0) is 25.5 Å². The molecule has 3 amide bonds. The first-order valence-electron chi connectivity index (χ1n) is 10.6. The number of imide groups is 1. The highest BCUT2D eigenvalue weighted by Gasteiger charge is 2.45. The summed E-state index contributed by atoms with van der Waals surface area (Å²) < 4.78 is 10.9. The molecule has 0 saturated carbocycles. The van der Waals surface area contributed by atoms with Gasteiger partial charge in [-0.2, -0.15) is 0 Å². The SMILES string of the molecule is COc1ccc(N2C(=O)CC(N(CC3CCCO3)C(=O)Cc3ccc(Cl)cc3)C2=O)cc1. The molecule has 0 N–H and O–H groups in total. The van der Waals surface area contributed by atoms with Gasteiger partial charge in [-0.25, -0.2) is 4.90 Å². The fraction of sp³-hybridized carbons (Fsp3) is 0.375. The average molecular weight is 457 g/mol. The van der Waals surface area contributed by atoms with Gasteiger partial charge in [0.25, 0.3) is 5.91 Å². The van der Waals surface area contributed by atoms with E-state index < -0.39 is 11.9 Å². The summed E-state index contributed by atoms with van der Waals surface area (Å²) in [6.07, 6.45) is 1.66. The second kappa shape index (κ2) is 9.71. The van der Waals surface area contributed by atoms with Crippen molar-refractivity contribution in [2.45, 2.75) is 37.8 Å². The minimum Gasteiger partial charge on any atom is -0.497 e. The van der Waals surface area contributed by atoms with E-state index in [0.29, 0.717) is 23.1 Å². The maximum absolute atomic E-state index is 13.3. The summed E-state index contributed by atoms with van der Waals surface area (Å²) in [7, 11) is 1.55. The molecule has 0 aromatic heterocycles. The third kappa shape index (κ3) is 4.79. The maximum Gasteiger partial charge on any atom is 0.257 e. The van der Waals surface area contributed by atoms with E-state index in [2.05, 4.69) is 0 Å². The number of benzene rings is 2. The van der Waals surface area contributed by atoms with Crippen molar-refractivity contribution in [3.63, 3.8) is 0 Å². The van der Waals surface area contributed by atoms with Crippen molar-refractivity contribution in [1.82, 2.24) is 4.90 Å². The highest BCUT2D eigenvalue weighted by Crippen LogP contribution is 2.29. The number of anilines is 1. The number of carbonyl (C=O) groups excluding carboxylic acids is 3. The van der Waals surface area contributed by atoms with E-state index in [1.165, 1.54) is 4.90 Å². The van der Waals surface area contributed by atoms with Crippen LogP contribution in [0.4, 0.5) is 5.69 Å². The number of nitrogens with zero attached hydrogens (tertiary/aromatic N) is 2. The molecule has 2 saturated heterocycles. The molecule has 2 atom stereocenters. The molecular weight excluding hydrogens is 432 g/mol. The van der Waals surface area contributed by atoms with Crippen LogP contribution in [0.1, 0.15) is 24.8 Å². The van der Waals surface area contributed by atoms with Crippen molar-refractivity contribution in [1.29, 1.82) is 0 Å². The zero-order valence-electron chi connectivity index (χ0n) is 17.8. The van der Waals surface area contributed by atoms with E-state index in [0.717, 1.165) is 23.3 Å². The molecule has 4 rings (SSSR count). The van der Waals surface area contributed by atoms with Gasteiger partial charge in [0.1, 0.15) is 11.8 Å². The van der Waals surface area contributed by atoms with Crippen molar-refractivity contribution in [3.8, 4) is 5.75 Å². The summed E-state index contributed by atoms with van der Waals surface area (Å²) in [5.74, 6) is -0.322. The van der Waals surface area contributed by atoms with Gasteiger partial charge in [0.15, 0.2) is 0 Å². The van der Waals surface area contributed by atoms with E-state index >= 15 is 0 Å². The van der Waals surface area contributed by atoms with Gasteiger partial charge in [-0.15, -0.1) is 0 Å². The van der Waals surface area contributed by atoms with Crippen molar-refractivity contribution in [3.05, 3.63) is 59.1 Å². The Morgan fingerprint density at radius 3 is 2.50 bits per heavy atom. The van der Waals surface area contributed by atoms with Crippen LogP contribution in [-0.4, -0.2) is 55.0 Å². The number of hydrogen-bond acceptors (Lipinski definition) is 5. The molecule has 168 valence electrons. The molecule has 2 unspecified atom stereocenters. The Morgan fingerprint density at radius 2 is 1.88 bits per heavy atom. The van der Waals surface area contributed by atoms with Crippen LogP contribution in [0.25, 0.3) is 0 Å². The third-order valence-electron chi connectivity index (χ3n) is 5.84. The highest BCUT2D eigenvalue weighted by atomic mass is 35.5. The zero-order valence-corrected chi connectivity index (χ0v) is 18.6. The molecule has 0 radical (unpaired) electrons. The van der Waals surface area contributed by atoms with Gasteiger partial charge in [-0.3, -0.25) is 14.4 Å². The van der Waals surface area contributed by atoms with Crippen molar-refractivity contribution < 1.29 is 23.9 Å². The lowest BCUT2D eigenvalue weighted by atomic mass is 10.1. The first kappa shape index (κ1) is 22.3. The minimum absolute atomic E-state index is 0.0516. The van der Waals surface area contributed by atoms with E-state index in [1.54, 1.807) is 55.6 Å². The molecule has 2 aliphatic rings. The molecule has 0 bridgehead atoms. The van der Waals surface area contributed by atoms with Gasteiger partial charge in [0.2, 0.25) is 11.8 Å². The molecule has 2 aromatic rings. The number of halogens is 1. The van der Waals surface area contributed by atoms with Crippen LogP contribution < -0.4 is 9.64 Å². The Labute approximate surface area is 191 Å². The number of rotatable bonds is 7. The lowest BCUT2D eigenvalue weighted by molar-refractivity contribution is -0.139. The van der Waals surface area contributed by atoms with Gasteiger partial charge in [0, 0.05) is 18.2 Å². The first-order chi connectivity index (χ1) is 15.5. The number of carbonyl (C=O) groups is 3. The normalized spacial score (nSPS) is 20.6. The van der Waals surface area contributed by atoms with Gasteiger partial charge >= 0.3 is 0 Å². The quantitative estimate of drug-likeness (QED) is 0.598. The maximum atomic E-state index is 13.3. The van der Waals surface area contributed by atoms with E-state index in [1.807, 2.05) is 0 Å². The summed E-state index contributed by atoms with van der Waals surface area (Å²) in [6.45, 7) is 0.923. The molecule has 2 aromatic carbocycles. The predicted molar refractivity (Wildman–Crippen MR) is 120 cm³/mol. The molecule has 2 fully saturated rings. The standard InChI is InChI=1S/C24H25ClN2O5/c1-31-19-10-8-18(9-11-19)27-23(29)14-21(24(27)30)26(15-20-3-2-12-32-20)22(28)13-16-4-6-17(25)7-5-16/h4-11,20-21H,2-3,12-15H2,1H3. The minimum atomic E-state index is -0.853. The second-order valence-corrected chi connectivity index (χ2v) is 8.41. The molecule has 32 heavy (non-hydrogen) atoms. The van der Waals surface area contributed by atoms with E-state index in [9.17, 15) is 14.4 Å². The largest absolute Gasteiger partial charge is 0.497 e. The molecular formula is C24H25ClN2O5. The third-order valence-corrected chi connectivity index (χ3v) is 6.09. The van der Waals surface area contributed by atoms with E-state index in [4.69, 9.17) is 21.1 Å². The summed E-state index contributed by atoms with van der Waals surface area (Å²) in [5.41, 5.74) is 1.26. The van der Waals surface area contributed by atoms with E-state index in [-0.39, 0.29) is 37.3 Å². The topological polar surface area (TPSA) is 76.2 Å². The number of hydrogen-bond donors (Lipinski definition) is 0. The predicted octanol–water partition coefficient (Wildman–Crippen LogP) is 3.23. The Hall–Kier alpha value is -2.90. The lowest BCUT2D eigenvalue weighted by Crippen LogP contribution is -2.49. The average Bonchev–Trinajstić information content (AvgIpc) is 3.41. The number of ether oxygens (including phenoxy) is 2. The molecule has 7 nitrogen and oxygen atoms in total. The number of methoxy groups -OCH3 is 1. The Kier molecular flexibility index (Phi) is 6.77. The van der Waals surface area contributed by atoms with Crippen molar-refractivity contribution >= 4 is 35.0 Å². The smallest absolute Gasteiger partial charge is 0.257 e. The summed E-state index contributed by atoms with van der Waals surface area (Å²) in [5, 5.41) is 0.587. The summed E-state index contributed by atoms with van der Waals surface area (Å²) >= 11 is 5.95. The Balaban J connectivity index is 1.56. The Morgan fingerprint density at radius 1 is 1.16 bits per heavy atom. The zero-order chi connectivity index (χ0) is 22.7. The monoisotopic (exact) mass is 456 g/mol. The fourth-order valence-electron chi connectivity index (χ4n) is 4.15. The van der Waals surface area contributed by atoms with Crippen LogP contribution in [0.3, 0.4) is 0 Å². The van der Waals surface area contributed by atoms with Crippen LogP contribution in [0.15, 0.2) is 48.5 Å². The summed E-state index contributed by atoms with van der Waals surface area (Å²) in [4.78, 5) is 42.1. The van der Waals surface area contributed by atoms with Crippen LogP contribution in [0.2, 0.25) is 5.02 Å². The summed E-state index contributed by atoms with van der Waals surface area (Å²) in [6, 6.07) is 12.9. The van der Waals surface area contributed by atoms with Crippen molar-refractivity contribution in [2.75, 3.05) is 25.2 Å².